The number of esters is 1. The van der Waals surface area contributed by atoms with Crippen LogP contribution in [0.2, 0.25) is 0 Å². The van der Waals surface area contributed by atoms with Crippen molar-refractivity contribution in [1.29, 1.82) is 0 Å². The van der Waals surface area contributed by atoms with E-state index < -0.39 is 0 Å². The molecule has 0 aromatic heterocycles. The average Bonchev–Trinajstić information content (AvgIpc) is 3.05. The number of methoxy groups -OCH3 is 1. The SMILES string of the molecule is COC(=O)C1=CC(C2CCCCC2[CH-]c2ccccc2)=[C-]C1.[K+]. The third-order valence-corrected chi connectivity index (χ3v) is 4.69. The summed E-state index contributed by atoms with van der Waals surface area (Å²) >= 11 is 0. The Balaban J connectivity index is 0.00000192. The summed E-state index contributed by atoms with van der Waals surface area (Å²) in [7, 11) is 1.44. The van der Waals surface area contributed by atoms with E-state index in [1.54, 1.807) is 0 Å². The van der Waals surface area contributed by atoms with Gasteiger partial charge in [-0.15, -0.1) is 12.1 Å². The monoisotopic (exact) mass is 333 g/mol. The van der Waals surface area contributed by atoms with Gasteiger partial charge in [0.1, 0.15) is 0 Å². The van der Waals surface area contributed by atoms with E-state index in [-0.39, 0.29) is 57.4 Å². The molecule has 3 heteroatoms. The molecule has 1 fully saturated rings. The molecule has 0 heterocycles. The van der Waals surface area contributed by atoms with E-state index in [0.29, 0.717) is 18.3 Å². The smallest absolute Gasteiger partial charge is 0.467 e. The van der Waals surface area contributed by atoms with Crippen LogP contribution in [-0.2, 0) is 9.53 Å². The maximum Gasteiger partial charge on any atom is 1.00 e. The first kappa shape index (κ1) is 19.0. The maximum atomic E-state index is 11.7. The summed E-state index contributed by atoms with van der Waals surface area (Å²) in [6.07, 6.45) is 13.3. The molecule has 2 atom stereocenters. The second-order valence-corrected chi connectivity index (χ2v) is 6.10. The van der Waals surface area contributed by atoms with Crippen molar-refractivity contribution in [1.82, 2.24) is 0 Å². The Morgan fingerprint density at radius 1 is 1.22 bits per heavy atom. The van der Waals surface area contributed by atoms with E-state index in [0.717, 1.165) is 5.57 Å². The van der Waals surface area contributed by atoms with E-state index in [9.17, 15) is 4.79 Å². The Labute approximate surface area is 181 Å². The second-order valence-electron chi connectivity index (χ2n) is 6.10. The van der Waals surface area contributed by atoms with Crippen LogP contribution < -0.4 is 51.4 Å². The molecule has 2 aliphatic carbocycles. The third kappa shape index (κ3) is 4.83. The normalized spacial score (nSPS) is 23.3. The maximum absolute atomic E-state index is 11.7. The first-order valence-electron chi connectivity index (χ1n) is 8.07. The van der Waals surface area contributed by atoms with E-state index in [4.69, 9.17) is 4.74 Å². The fourth-order valence-electron chi connectivity index (χ4n) is 3.54. The van der Waals surface area contributed by atoms with Crippen LogP contribution in [0.5, 0.6) is 0 Å². The molecule has 3 rings (SSSR count). The van der Waals surface area contributed by atoms with Crippen molar-refractivity contribution >= 4 is 5.97 Å². The summed E-state index contributed by atoms with van der Waals surface area (Å²) in [5.74, 6) is 0.796. The van der Waals surface area contributed by atoms with Crippen molar-refractivity contribution in [2.45, 2.75) is 32.1 Å². The van der Waals surface area contributed by atoms with Crippen molar-refractivity contribution in [2.75, 3.05) is 7.11 Å². The fraction of sp³-hybridized carbons (Fsp3) is 0.400. The number of ether oxygens (including phenoxy) is 1. The summed E-state index contributed by atoms with van der Waals surface area (Å²) in [5.41, 5.74) is 3.23. The van der Waals surface area contributed by atoms with Gasteiger partial charge >= 0.3 is 57.4 Å². The summed E-state index contributed by atoms with van der Waals surface area (Å²) in [6, 6.07) is 10.5. The first-order chi connectivity index (χ1) is 10.8. The summed E-state index contributed by atoms with van der Waals surface area (Å²) in [4.78, 5) is 11.7. The molecule has 0 N–H and O–H groups in total. The molecule has 0 aliphatic heterocycles. The van der Waals surface area contributed by atoms with Crippen LogP contribution in [0.25, 0.3) is 0 Å². The molecule has 2 nitrogen and oxygen atoms in total. The minimum absolute atomic E-state index is 0. The molecule has 0 amide bonds. The van der Waals surface area contributed by atoms with Crippen LogP contribution in [0.15, 0.2) is 47.6 Å². The van der Waals surface area contributed by atoms with E-state index in [1.165, 1.54) is 43.9 Å². The quantitative estimate of drug-likeness (QED) is 0.471. The van der Waals surface area contributed by atoms with Gasteiger partial charge in [0.2, 0.25) is 0 Å². The Morgan fingerprint density at radius 2 is 1.96 bits per heavy atom. The number of hydrogen-bond donors (Lipinski definition) is 0. The van der Waals surface area contributed by atoms with Crippen LogP contribution in [0.3, 0.4) is 0 Å². The Morgan fingerprint density at radius 3 is 2.70 bits per heavy atom. The molecule has 116 valence electrons. The third-order valence-electron chi connectivity index (χ3n) is 4.69. The van der Waals surface area contributed by atoms with Crippen molar-refractivity contribution < 1.29 is 60.9 Å². The predicted molar refractivity (Wildman–Crippen MR) is 86.8 cm³/mol. The van der Waals surface area contributed by atoms with Crippen molar-refractivity contribution in [3.05, 3.63) is 65.6 Å². The molecule has 1 aromatic rings. The first-order valence-corrected chi connectivity index (χ1v) is 8.07. The molecule has 2 unspecified atom stereocenters. The molecule has 0 bridgehead atoms. The molecular formula is C20H22KO2-. The van der Waals surface area contributed by atoms with Crippen molar-refractivity contribution in [3.63, 3.8) is 0 Å². The van der Waals surface area contributed by atoms with Gasteiger partial charge in [-0.1, -0.05) is 49.2 Å². The molecular weight excluding hydrogens is 311 g/mol. The zero-order chi connectivity index (χ0) is 15.4. The van der Waals surface area contributed by atoms with Crippen LogP contribution in [-0.4, -0.2) is 13.1 Å². The van der Waals surface area contributed by atoms with Gasteiger partial charge in [0, 0.05) is 0 Å². The second kappa shape index (κ2) is 9.24. The molecule has 1 aromatic carbocycles. The number of benzene rings is 1. The van der Waals surface area contributed by atoms with E-state index >= 15 is 0 Å². The summed E-state index contributed by atoms with van der Waals surface area (Å²) in [5, 5.41) is 0. The van der Waals surface area contributed by atoms with Gasteiger partial charge in [-0.05, 0) is 6.42 Å². The predicted octanol–water partition coefficient (Wildman–Crippen LogP) is 1.28. The molecule has 23 heavy (non-hydrogen) atoms. The van der Waals surface area contributed by atoms with Gasteiger partial charge in [-0.2, -0.15) is 30.2 Å². The average molecular weight is 333 g/mol. The number of carbonyl (C=O) groups excluding carboxylic acids is 1. The van der Waals surface area contributed by atoms with Gasteiger partial charge in [-0.3, -0.25) is 6.08 Å². The number of hydrogen-bond acceptors (Lipinski definition) is 2. The largest absolute Gasteiger partial charge is 1.00 e. The van der Waals surface area contributed by atoms with Crippen molar-refractivity contribution in [2.24, 2.45) is 11.8 Å². The minimum Gasteiger partial charge on any atom is -0.467 e. The number of allylic oxidation sites excluding steroid dienone is 3. The van der Waals surface area contributed by atoms with Crippen LogP contribution >= 0.6 is 0 Å². The Hall–Kier alpha value is -0.324. The summed E-state index contributed by atoms with van der Waals surface area (Å²) < 4.78 is 4.82. The fourth-order valence-corrected chi connectivity index (χ4v) is 3.54. The number of rotatable bonds is 4. The van der Waals surface area contributed by atoms with Gasteiger partial charge < -0.3 is 4.74 Å². The van der Waals surface area contributed by atoms with Crippen molar-refractivity contribution in [3.8, 4) is 0 Å². The zero-order valence-corrected chi connectivity index (χ0v) is 17.2. The Kier molecular flexibility index (Phi) is 7.63. The van der Waals surface area contributed by atoms with Gasteiger partial charge in [-0.25, -0.2) is 10.4 Å². The zero-order valence-electron chi connectivity index (χ0n) is 14.0. The standard InChI is InChI=1S/C20H22O2.K/c1-22-20(21)18-12-11-17(14-18)19-10-6-5-9-16(19)13-15-7-3-2-4-8-15;/h2-4,7-8,13-14,16,19H,5-6,9-10,12H2,1H3;/q-2;+1. The molecule has 0 radical (unpaired) electrons. The van der Waals surface area contributed by atoms with Crippen LogP contribution in [0.4, 0.5) is 0 Å². The molecule has 0 spiro atoms. The molecule has 1 saturated carbocycles. The molecule has 2 aliphatic rings. The van der Waals surface area contributed by atoms with E-state index in [2.05, 4.69) is 36.8 Å². The van der Waals surface area contributed by atoms with Gasteiger partial charge in [0.05, 0.1) is 7.11 Å². The van der Waals surface area contributed by atoms with Crippen LogP contribution in [0, 0.1) is 24.3 Å². The molecule has 0 saturated heterocycles. The minimum atomic E-state index is -0.220. The number of carbonyl (C=O) groups is 1. The Bertz CT molecular complexity index is 589. The van der Waals surface area contributed by atoms with Gasteiger partial charge in [0.25, 0.3) is 0 Å². The topological polar surface area (TPSA) is 26.3 Å². The summed E-state index contributed by atoms with van der Waals surface area (Å²) in [6.45, 7) is 0. The van der Waals surface area contributed by atoms with Gasteiger partial charge in [0.15, 0.2) is 0 Å². The van der Waals surface area contributed by atoms with Crippen LogP contribution in [0.1, 0.15) is 37.7 Å². The van der Waals surface area contributed by atoms with E-state index in [1.807, 2.05) is 12.1 Å².